The zero-order chi connectivity index (χ0) is 25.0. The maximum Gasteiger partial charge on any atom is 0.243 e. The van der Waals surface area contributed by atoms with Crippen LogP contribution in [0, 0.1) is 11.3 Å². The van der Waals surface area contributed by atoms with Crippen molar-refractivity contribution in [1.29, 1.82) is 5.26 Å². The number of sulfonamides is 1. The molecule has 1 atom stereocenters. The van der Waals surface area contributed by atoms with Gasteiger partial charge in [0.1, 0.15) is 17.7 Å². The summed E-state index contributed by atoms with van der Waals surface area (Å²) in [6, 6.07) is 9.29. The van der Waals surface area contributed by atoms with Gasteiger partial charge in [-0.05, 0) is 49.1 Å². The second-order valence-electron chi connectivity index (χ2n) is 9.16. The molecule has 3 aliphatic heterocycles. The summed E-state index contributed by atoms with van der Waals surface area (Å²) in [5.41, 5.74) is 2.60. The summed E-state index contributed by atoms with van der Waals surface area (Å²) < 4.78 is 39.2. The Bertz CT molecular complexity index is 1240. The van der Waals surface area contributed by atoms with Crippen molar-refractivity contribution in [3.63, 3.8) is 0 Å². The highest BCUT2D eigenvalue weighted by Gasteiger charge is 2.30. The summed E-state index contributed by atoms with van der Waals surface area (Å²) in [7, 11) is -3.56. The summed E-state index contributed by atoms with van der Waals surface area (Å²) in [5, 5.41) is 15.9. The molecule has 1 aromatic heterocycles. The minimum absolute atomic E-state index is 0.0151. The van der Waals surface area contributed by atoms with Gasteiger partial charge in [0.15, 0.2) is 0 Å². The SMILES string of the molecule is N#Cc1cnc(NC2CCN(S(=O)(=O)c3ccc(C4=CCNCC4)cc3)CC2)nc1O[C@H]1CCOC1. The molecule has 2 saturated heterocycles. The number of aromatic nitrogens is 2. The molecule has 1 aromatic carbocycles. The number of hydrogen-bond donors (Lipinski definition) is 2. The number of anilines is 1. The van der Waals surface area contributed by atoms with E-state index in [0.717, 1.165) is 31.5 Å². The molecule has 0 spiro atoms. The summed E-state index contributed by atoms with van der Waals surface area (Å²) in [5.74, 6) is 0.612. The van der Waals surface area contributed by atoms with E-state index in [-0.39, 0.29) is 23.6 Å². The predicted octanol–water partition coefficient (Wildman–Crippen LogP) is 2.16. The average Bonchev–Trinajstić information content (AvgIpc) is 3.43. The molecule has 2 N–H and O–H groups in total. The lowest BCUT2D eigenvalue weighted by Crippen LogP contribution is -2.42. The van der Waals surface area contributed by atoms with Crippen LogP contribution in [0.5, 0.6) is 5.88 Å². The van der Waals surface area contributed by atoms with Crippen LogP contribution in [0.15, 0.2) is 41.4 Å². The molecule has 5 rings (SSSR count). The van der Waals surface area contributed by atoms with Gasteiger partial charge in [-0.3, -0.25) is 0 Å². The Balaban J connectivity index is 1.19. The number of nitriles is 1. The number of rotatable bonds is 7. The van der Waals surface area contributed by atoms with Crippen molar-refractivity contribution in [3.8, 4) is 11.9 Å². The fourth-order valence-corrected chi connectivity index (χ4v) is 6.13. The summed E-state index contributed by atoms with van der Waals surface area (Å²) >= 11 is 0. The van der Waals surface area contributed by atoms with Gasteiger partial charge in [0.25, 0.3) is 0 Å². The lowest BCUT2D eigenvalue weighted by atomic mass is 10.0. The normalized spacial score (nSPS) is 21.5. The van der Waals surface area contributed by atoms with Crippen molar-refractivity contribution in [2.75, 3.05) is 44.7 Å². The molecule has 0 bridgehead atoms. The predicted molar refractivity (Wildman–Crippen MR) is 134 cm³/mol. The van der Waals surface area contributed by atoms with Gasteiger partial charge in [0.05, 0.1) is 24.3 Å². The maximum absolute atomic E-state index is 13.2. The molecule has 4 heterocycles. The Morgan fingerprint density at radius 3 is 2.67 bits per heavy atom. The monoisotopic (exact) mass is 510 g/mol. The molecule has 0 unspecified atom stereocenters. The third-order valence-electron chi connectivity index (χ3n) is 6.75. The first-order chi connectivity index (χ1) is 17.5. The van der Waals surface area contributed by atoms with Crippen LogP contribution in [-0.2, 0) is 14.8 Å². The Morgan fingerprint density at radius 2 is 2.00 bits per heavy atom. The van der Waals surface area contributed by atoms with Crippen molar-refractivity contribution in [3.05, 3.63) is 47.7 Å². The molecular weight excluding hydrogens is 480 g/mol. The van der Waals surface area contributed by atoms with Gasteiger partial charge < -0.3 is 20.1 Å². The maximum atomic E-state index is 13.2. The third kappa shape index (κ3) is 5.52. The second-order valence-corrected chi connectivity index (χ2v) is 11.1. The first-order valence-electron chi connectivity index (χ1n) is 12.3. The fourth-order valence-electron chi connectivity index (χ4n) is 4.66. The second kappa shape index (κ2) is 10.9. The standard InChI is InChI=1S/C25H30N6O4S/c26-15-20-16-28-25(30-24(20)35-22-9-14-34-17-22)29-21-7-12-31(13-8-21)36(32,33)23-3-1-18(2-4-23)19-5-10-27-11-6-19/h1-5,16,21-22,27H,6-14,17H2,(H,28,29,30)/t22-/m0/s1. The van der Waals surface area contributed by atoms with Gasteiger partial charge in [0.2, 0.25) is 21.9 Å². The average molecular weight is 511 g/mol. The topological polar surface area (TPSA) is 129 Å². The van der Waals surface area contributed by atoms with Crippen LogP contribution in [0.25, 0.3) is 5.57 Å². The molecule has 0 saturated carbocycles. The fraction of sp³-hybridized carbons (Fsp3) is 0.480. The van der Waals surface area contributed by atoms with E-state index in [9.17, 15) is 13.7 Å². The molecule has 0 aliphatic carbocycles. The van der Waals surface area contributed by atoms with Gasteiger partial charge in [0, 0.05) is 32.1 Å². The van der Waals surface area contributed by atoms with E-state index in [1.807, 2.05) is 12.1 Å². The van der Waals surface area contributed by atoms with E-state index in [1.54, 1.807) is 12.1 Å². The van der Waals surface area contributed by atoms with E-state index in [2.05, 4.69) is 32.7 Å². The van der Waals surface area contributed by atoms with Gasteiger partial charge in [-0.15, -0.1) is 0 Å². The molecule has 2 fully saturated rings. The number of benzene rings is 1. The van der Waals surface area contributed by atoms with Gasteiger partial charge in [-0.25, -0.2) is 13.4 Å². The van der Waals surface area contributed by atoms with E-state index in [0.29, 0.717) is 50.0 Å². The molecule has 36 heavy (non-hydrogen) atoms. The molecule has 10 nitrogen and oxygen atoms in total. The molecule has 11 heteroatoms. The highest BCUT2D eigenvalue weighted by atomic mass is 32.2. The van der Waals surface area contributed by atoms with Crippen molar-refractivity contribution in [2.45, 2.75) is 42.7 Å². The van der Waals surface area contributed by atoms with Crippen molar-refractivity contribution in [2.24, 2.45) is 0 Å². The first kappa shape index (κ1) is 24.6. The summed E-state index contributed by atoms with van der Waals surface area (Å²) in [4.78, 5) is 8.96. The van der Waals surface area contributed by atoms with E-state index in [1.165, 1.54) is 16.1 Å². The van der Waals surface area contributed by atoms with Gasteiger partial charge in [-0.2, -0.15) is 14.6 Å². The van der Waals surface area contributed by atoms with Gasteiger partial charge >= 0.3 is 0 Å². The molecule has 0 amide bonds. The minimum atomic E-state index is -3.56. The molecule has 190 valence electrons. The van der Waals surface area contributed by atoms with Crippen LogP contribution in [0.3, 0.4) is 0 Å². The van der Waals surface area contributed by atoms with Crippen LogP contribution in [0.1, 0.15) is 36.8 Å². The Hall–Kier alpha value is -3.04. The van der Waals surface area contributed by atoms with Crippen LogP contribution >= 0.6 is 0 Å². The first-order valence-corrected chi connectivity index (χ1v) is 13.8. The zero-order valence-corrected chi connectivity index (χ0v) is 20.8. The van der Waals surface area contributed by atoms with Crippen LogP contribution in [-0.4, -0.2) is 74.2 Å². The number of hydrogen-bond acceptors (Lipinski definition) is 9. The third-order valence-corrected chi connectivity index (χ3v) is 8.67. The molecule has 3 aliphatic rings. The van der Waals surface area contributed by atoms with E-state index >= 15 is 0 Å². The number of piperidine rings is 1. The quantitative estimate of drug-likeness (QED) is 0.575. The highest BCUT2D eigenvalue weighted by molar-refractivity contribution is 7.89. The Kier molecular flexibility index (Phi) is 7.48. The van der Waals surface area contributed by atoms with Crippen molar-refractivity contribution in [1.82, 2.24) is 19.6 Å². The Morgan fingerprint density at radius 1 is 1.19 bits per heavy atom. The number of ether oxygens (including phenoxy) is 2. The van der Waals surface area contributed by atoms with Crippen molar-refractivity contribution >= 4 is 21.5 Å². The zero-order valence-electron chi connectivity index (χ0n) is 20.0. The van der Waals surface area contributed by atoms with Gasteiger partial charge in [-0.1, -0.05) is 18.2 Å². The van der Waals surface area contributed by atoms with Crippen molar-refractivity contribution < 1.29 is 17.9 Å². The molecule has 0 radical (unpaired) electrons. The smallest absolute Gasteiger partial charge is 0.243 e. The lowest BCUT2D eigenvalue weighted by Gasteiger charge is -2.31. The summed E-state index contributed by atoms with van der Waals surface area (Å²) in [6.45, 7) is 3.68. The lowest BCUT2D eigenvalue weighted by molar-refractivity contribution is 0.138. The highest BCUT2D eigenvalue weighted by Crippen LogP contribution is 2.26. The van der Waals surface area contributed by atoms with Crippen LogP contribution in [0.2, 0.25) is 0 Å². The van der Waals surface area contributed by atoms with E-state index in [4.69, 9.17) is 9.47 Å². The minimum Gasteiger partial charge on any atom is -0.471 e. The molecule has 2 aromatic rings. The number of nitrogens with one attached hydrogen (secondary N) is 2. The van der Waals surface area contributed by atoms with Crippen LogP contribution in [0.4, 0.5) is 5.95 Å². The largest absolute Gasteiger partial charge is 0.471 e. The summed E-state index contributed by atoms with van der Waals surface area (Å²) in [6.07, 6.45) is 6.41. The Labute approximate surface area is 211 Å². The van der Waals surface area contributed by atoms with Crippen LogP contribution < -0.4 is 15.4 Å². The molecular formula is C25H30N6O4S. The number of nitrogens with zero attached hydrogens (tertiary/aromatic N) is 4. The van der Waals surface area contributed by atoms with E-state index < -0.39 is 10.0 Å².